The zero-order chi connectivity index (χ0) is 19.4. The van der Waals surface area contributed by atoms with E-state index in [9.17, 15) is 13.2 Å². The second kappa shape index (κ2) is 8.10. The summed E-state index contributed by atoms with van der Waals surface area (Å²) in [5, 5.41) is 2.81. The fourth-order valence-electron chi connectivity index (χ4n) is 2.40. The van der Waals surface area contributed by atoms with Crippen molar-refractivity contribution in [3.05, 3.63) is 87.5 Å². The van der Waals surface area contributed by atoms with E-state index in [2.05, 4.69) is 32.6 Å². The number of hydrogen-bond donors (Lipinski definition) is 2. The number of anilines is 2. The van der Waals surface area contributed by atoms with Gasteiger partial charge >= 0.3 is 0 Å². The molecule has 0 radical (unpaired) electrons. The maximum absolute atomic E-state index is 12.4. The van der Waals surface area contributed by atoms with Crippen LogP contribution in [-0.2, 0) is 10.0 Å². The second-order valence-electron chi connectivity index (χ2n) is 5.93. The number of carbonyl (C=O) groups excluding carboxylic acids is 1. The molecule has 0 aliphatic heterocycles. The van der Waals surface area contributed by atoms with Crippen LogP contribution in [0.25, 0.3) is 0 Å². The zero-order valence-corrected chi connectivity index (χ0v) is 17.4. The molecule has 0 aliphatic carbocycles. The lowest BCUT2D eigenvalue weighted by molar-refractivity contribution is 0.102. The molecule has 138 valence electrons. The van der Waals surface area contributed by atoms with E-state index in [1.54, 1.807) is 60.7 Å². The van der Waals surface area contributed by atoms with Gasteiger partial charge in [0, 0.05) is 14.9 Å². The highest BCUT2D eigenvalue weighted by atomic mass is 127. The molecule has 3 aromatic carbocycles. The number of aryl methyl sites for hydroxylation is 1. The van der Waals surface area contributed by atoms with Gasteiger partial charge in [-0.05, 0) is 78.0 Å². The summed E-state index contributed by atoms with van der Waals surface area (Å²) in [6.07, 6.45) is 0. The Morgan fingerprint density at radius 1 is 0.852 bits per heavy atom. The number of benzene rings is 3. The molecule has 0 aliphatic rings. The molecule has 3 aromatic rings. The lowest BCUT2D eigenvalue weighted by Crippen LogP contribution is -2.14. The third kappa shape index (κ3) is 4.86. The number of rotatable bonds is 5. The summed E-state index contributed by atoms with van der Waals surface area (Å²) in [4.78, 5) is 12.5. The lowest BCUT2D eigenvalue weighted by Gasteiger charge is -2.10. The first-order valence-corrected chi connectivity index (χ1v) is 10.7. The summed E-state index contributed by atoms with van der Waals surface area (Å²) in [5.74, 6) is -0.215. The Balaban J connectivity index is 1.71. The molecule has 27 heavy (non-hydrogen) atoms. The van der Waals surface area contributed by atoms with Crippen LogP contribution in [0.5, 0.6) is 0 Å². The van der Waals surface area contributed by atoms with Crippen molar-refractivity contribution in [2.75, 3.05) is 10.0 Å². The molecule has 3 rings (SSSR count). The molecule has 0 saturated carbocycles. The lowest BCUT2D eigenvalue weighted by atomic mass is 10.2. The van der Waals surface area contributed by atoms with Gasteiger partial charge in [-0.1, -0.05) is 29.8 Å². The monoisotopic (exact) mass is 492 g/mol. The van der Waals surface area contributed by atoms with Gasteiger partial charge in [-0.3, -0.25) is 9.52 Å². The molecule has 1 amide bonds. The van der Waals surface area contributed by atoms with Crippen LogP contribution in [0.2, 0.25) is 0 Å². The van der Waals surface area contributed by atoms with Gasteiger partial charge in [0.1, 0.15) is 0 Å². The van der Waals surface area contributed by atoms with Crippen molar-refractivity contribution in [1.82, 2.24) is 0 Å². The van der Waals surface area contributed by atoms with E-state index in [0.29, 0.717) is 16.9 Å². The number of amides is 1. The Hall–Kier alpha value is -2.39. The molecule has 2 N–H and O–H groups in total. The third-order valence-electron chi connectivity index (χ3n) is 3.84. The molecule has 5 nitrogen and oxygen atoms in total. The summed E-state index contributed by atoms with van der Waals surface area (Å²) in [7, 11) is -3.65. The predicted octanol–water partition coefficient (Wildman–Crippen LogP) is 4.65. The minimum Gasteiger partial charge on any atom is -0.322 e. The fourth-order valence-corrected chi connectivity index (χ4v) is 4.09. The van der Waals surface area contributed by atoms with Crippen LogP contribution in [0.4, 0.5) is 11.4 Å². The van der Waals surface area contributed by atoms with Crippen LogP contribution in [0.3, 0.4) is 0 Å². The highest BCUT2D eigenvalue weighted by Gasteiger charge is 2.14. The van der Waals surface area contributed by atoms with Gasteiger partial charge in [0.25, 0.3) is 15.9 Å². The molecule has 0 bridgehead atoms. The summed E-state index contributed by atoms with van der Waals surface area (Å²) in [6.45, 7) is 1.90. The first kappa shape index (κ1) is 19.4. The Bertz CT molecular complexity index is 1060. The van der Waals surface area contributed by atoms with E-state index < -0.39 is 10.0 Å². The van der Waals surface area contributed by atoms with Crippen molar-refractivity contribution in [2.45, 2.75) is 11.8 Å². The maximum atomic E-state index is 12.4. The van der Waals surface area contributed by atoms with E-state index in [1.165, 1.54) is 0 Å². The van der Waals surface area contributed by atoms with Gasteiger partial charge < -0.3 is 5.32 Å². The van der Waals surface area contributed by atoms with Crippen LogP contribution < -0.4 is 10.0 Å². The van der Waals surface area contributed by atoms with Gasteiger partial charge in [0.15, 0.2) is 0 Å². The molecular formula is C20H17IN2O3S. The highest BCUT2D eigenvalue weighted by molar-refractivity contribution is 14.1. The van der Waals surface area contributed by atoms with E-state index in [4.69, 9.17) is 0 Å². The molecular weight excluding hydrogens is 475 g/mol. The van der Waals surface area contributed by atoms with E-state index >= 15 is 0 Å². The van der Waals surface area contributed by atoms with Gasteiger partial charge in [-0.2, -0.15) is 0 Å². The molecule has 0 heterocycles. The maximum Gasteiger partial charge on any atom is 0.261 e. The summed E-state index contributed by atoms with van der Waals surface area (Å²) >= 11 is 2.11. The third-order valence-corrected chi connectivity index (χ3v) is 6.18. The fraction of sp³-hybridized carbons (Fsp3) is 0.0500. The first-order chi connectivity index (χ1) is 12.8. The van der Waals surface area contributed by atoms with Crippen LogP contribution in [-0.4, -0.2) is 14.3 Å². The van der Waals surface area contributed by atoms with E-state index in [-0.39, 0.29) is 10.8 Å². The molecule has 0 saturated heterocycles. The Morgan fingerprint density at radius 3 is 2.07 bits per heavy atom. The van der Waals surface area contributed by atoms with Gasteiger partial charge in [0.05, 0.1) is 10.5 Å². The molecule has 0 fully saturated rings. The van der Waals surface area contributed by atoms with E-state index in [1.807, 2.05) is 19.1 Å². The number of hydrogen-bond acceptors (Lipinski definition) is 3. The van der Waals surface area contributed by atoms with Gasteiger partial charge in [0.2, 0.25) is 0 Å². The van der Waals surface area contributed by atoms with Crippen molar-refractivity contribution < 1.29 is 13.2 Å². The van der Waals surface area contributed by atoms with E-state index in [0.717, 1.165) is 9.13 Å². The average Bonchev–Trinajstić information content (AvgIpc) is 2.64. The van der Waals surface area contributed by atoms with Crippen LogP contribution in [0.15, 0.2) is 77.7 Å². The zero-order valence-electron chi connectivity index (χ0n) is 14.4. The van der Waals surface area contributed by atoms with Crippen molar-refractivity contribution >= 4 is 49.9 Å². The van der Waals surface area contributed by atoms with Gasteiger partial charge in [-0.25, -0.2) is 8.42 Å². The second-order valence-corrected chi connectivity index (χ2v) is 8.77. The van der Waals surface area contributed by atoms with Crippen LogP contribution in [0.1, 0.15) is 15.9 Å². The topological polar surface area (TPSA) is 75.3 Å². The number of nitrogens with one attached hydrogen (secondary N) is 2. The Morgan fingerprint density at radius 2 is 1.44 bits per heavy atom. The largest absolute Gasteiger partial charge is 0.322 e. The van der Waals surface area contributed by atoms with Crippen LogP contribution in [0, 0.1) is 10.5 Å². The molecule has 0 spiro atoms. The summed E-state index contributed by atoms with van der Waals surface area (Å²) in [5.41, 5.74) is 2.57. The smallest absolute Gasteiger partial charge is 0.261 e. The summed E-state index contributed by atoms with van der Waals surface area (Å²) < 4.78 is 28.2. The minimum absolute atomic E-state index is 0.198. The quantitative estimate of drug-likeness (QED) is 0.510. The standard InChI is InChI=1S/C20H17IN2O3S/c1-14-6-12-17(13-7-14)27(25,26)23-16-10-8-15(9-11-16)22-20(24)18-4-2-3-5-19(18)21/h2-13,23H,1H3,(H,22,24). The molecule has 0 unspecified atom stereocenters. The summed E-state index contributed by atoms with van der Waals surface area (Å²) in [6, 6.07) is 20.4. The molecule has 7 heteroatoms. The van der Waals surface area contributed by atoms with Crippen LogP contribution >= 0.6 is 22.6 Å². The molecule has 0 atom stereocenters. The first-order valence-electron chi connectivity index (χ1n) is 8.10. The van der Waals surface area contributed by atoms with Crippen molar-refractivity contribution in [3.63, 3.8) is 0 Å². The van der Waals surface area contributed by atoms with Crippen molar-refractivity contribution in [2.24, 2.45) is 0 Å². The van der Waals surface area contributed by atoms with Crippen molar-refractivity contribution in [1.29, 1.82) is 0 Å². The minimum atomic E-state index is -3.65. The Labute approximate surface area is 172 Å². The normalized spacial score (nSPS) is 11.0. The number of carbonyl (C=O) groups is 1. The molecule has 0 aromatic heterocycles. The highest BCUT2D eigenvalue weighted by Crippen LogP contribution is 2.20. The van der Waals surface area contributed by atoms with Gasteiger partial charge in [-0.15, -0.1) is 0 Å². The number of halogens is 1. The Kier molecular flexibility index (Phi) is 5.81. The van der Waals surface area contributed by atoms with Crippen molar-refractivity contribution in [3.8, 4) is 0 Å². The average molecular weight is 492 g/mol. The SMILES string of the molecule is Cc1ccc(S(=O)(=O)Nc2ccc(NC(=O)c3ccccc3I)cc2)cc1. The number of sulfonamides is 1. The predicted molar refractivity (Wildman–Crippen MR) is 116 cm³/mol.